The molecule has 0 bridgehead atoms. The van der Waals surface area contributed by atoms with Crippen molar-refractivity contribution in [3.8, 4) is 11.5 Å². The number of methoxy groups -OCH3 is 2. The van der Waals surface area contributed by atoms with E-state index in [2.05, 4.69) is 40.8 Å². The summed E-state index contributed by atoms with van der Waals surface area (Å²) < 4.78 is 30.9. The van der Waals surface area contributed by atoms with Gasteiger partial charge >= 0.3 is 11.9 Å². The maximum Gasteiger partial charge on any atom is 0.370 e. The summed E-state index contributed by atoms with van der Waals surface area (Å²) in [6.07, 6.45) is 3.57. The van der Waals surface area contributed by atoms with Gasteiger partial charge in [0.2, 0.25) is 10.8 Å². The minimum atomic E-state index is -1.13. The monoisotopic (exact) mass is 840 g/mol. The number of ether oxygens (including phenoxy) is 6. The number of fused-ring (bicyclic) bond motifs is 1. The molecule has 7 rings (SSSR count). The van der Waals surface area contributed by atoms with E-state index in [1.54, 1.807) is 57.3 Å². The number of piperidine rings is 1. The van der Waals surface area contributed by atoms with Crippen molar-refractivity contribution in [3.05, 3.63) is 60.3 Å². The number of morpholine rings is 2. The summed E-state index contributed by atoms with van der Waals surface area (Å²) in [5.41, 5.74) is 4.03. The van der Waals surface area contributed by atoms with Crippen molar-refractivity contribution in [3.63, 3.8) is 0 Å². The van der Waals surface area contributed by atoms with E-state index in [1.165, 1.54) is 0 Å². The molecule has 59 heavy (non-hydrogen) atoms. The minimum Gasteiger partial charge on any atom is -0.497 e. The van der Waals surface area contributed by atoms with E-state index in [0.29, 0.717) is 62.1 Å². The molecule has 19 heteroatoms. The fraction of sp³-hybridized carbons (Fsp3) is 0.500. The highest BCUT2D eigenvalue weighted by atomic mass is 35.5. The van der Waals surface area contributed by atoms with Crippen LogP contribution in [-0.4, -0.2) is 143 Å². The largest absolute Gasteiger partial charge is 0.497 e. The van der Waals surface area contributed by atoms with Crippen LogP contribution in [0.3, 0.4) is 0 Å². The number of nitrogens with one attached hydrogen (secondary N) is 3. The third-order valence-electron chi connectivity index (χ3n) is 9.86. The number of rotatable bonds is 11. The third kappa shape index (κ3) is 11.0. The first-order chi connectivity index (χ1) is 28.7. The second-order valence-electron chi connectivity index (χ2n) is 13.3. The van der Waals surface area contributed by atoms with Gasteiger partial charge in [-0.3, -0.25) is 19.9 Å². The molecule has 2 aromatic carbocycles. The number of carbonyl (C=O) groups excluding carboxylic acids is 4. The number of amides is 2. The fourth-order valence-corrected chi connectivity index (χ4v) is 7.18. The Balaban J connectivity index is 0.000000186. The Labute approximate surface area is 348 Å². The molecule has 18 nitrogen and oxygen atoms in total. The predicted octanol–water partition coefficient (Wildman–Crippen LogP) is 2.54. The van der Waals surface area contributed by atoms with Crippen LogP contribution < -0.4 is 30.5 Å². The van der Waals surface area contributed by atoms with Crippen LogP contribution in [0.2, 0.25) is 0 Å². The summed E-state index contributed by atoms with van der Waals surface area (Å²) in [5.74, 6) is -0.183. The fourth-order valence-electron chi connectivity index (χ4n) is 7.08. The average molecular weight is 841 g/mol. The number of halogens is 1. The summed E-state index contributed by atoms with van der Waals surface area (Å²) in [5, 5.41) is 15.6. The smallest absolute Gasteiger partial charge is 0.370 e. The lowest BCUT2D eigenvalue weighted by Gasteiger charge is -2.50. The maximum absolute atomic E-state index is 13.4. The van der Waals surface area contributed by atoms with Crippen LogP contribution in [0, 0.1) is 5.92 Å². The van der Waals surface area contributed by atoms with E-state index in [1.807, 2.05) is 30.3 Å². The van der Waals surface area contributed by atoms with Gasteiger partial charge in [0.15, 0.2) is 5.71 Å². The molecule has 0 aromatic heterocycles. The Morgan fingerprint density at radius 3 is 2.08 bits per heavy atom. The lowest BCUT2D eigenvalue weighted by atomic mass is 9.80. The van der Waals surface area contributed by atoms with Crippen molar-refractivity contribution in [2.24, 2.45) is 16.1 Å². The first kappa shape index (κ1) is 44.7. The van der Waals surface area contributed by atoms with E-state index in [0.717, 1.165) is 50.7 Å². The van der Waals surface area contributed by atoms with Crippen molar-refractivity contribution in [2.75, 3.05) is 104 Å². The molecule has 5 aliphatic heterocycles. The van der Waals surface area contributed by atoms with Crippen LogP contribution >= 0.6 is 11.6 Å². The van der Waals surface area contributed by atoms with Crippen LogP contribution in [0.15, 0.2) is 70.5 Å². The second-order valence-corrected chi connectivity index (χ2v) is 13.7. The van der Waals surface area contributed by atoms with E-state index in [4.69, 9.17) is 35.3 Å². The molecule has 0 aliphatic carbocycles. The summed E-state index contributed by atoms with van der Waals surface area (Å²) in [6.45, 7) is 10.5. The Kier molecular flexibility index (Phi) is 16.7. The van der Waals surface area contributed by atoms with Crippen molar-refractivity contribution < 1.29 is 47.6 Å². The molecule has 3 N–H and O–H groups in total. The molecule has 3 fully saturated rings. The van der Waals surface area contributed by atoms with Gasteiger partial charge in [-0.25, -0.2) is 14.6 Å². The number of carbonyl (C=O) groups is 4. The predicted molar refractivity (Wildman–Crippen MR) is 220 cm³/mol. The second kappa shape index (κ2) is 22.1. The zero-order chi connectivity index (χ0) is 42.2. The van der Waals surface area contributed by atoms with E-state index in [9.17, 15) is 19.2 Å². The number of hydrogen-bond acceptors (Lipinski definition) is 16. The molecule has 3 saturated heterocycles. The van der Waals surface area contributed by atoms with Gasteiger partial charge in [-0.05, 0) is 75.2 Å². The summed E-state index contributed by atoms with van der Waals surface area (Å²) in [7, 11) is 3.18. The van der Waals surface area contributed by atoms with Crippen molar-refractivity contribution in [2.45, 2.75) is 32.4 Å². The highest BCUT2D eigenvalue weighted by molar-refractivity contribution is 6.82. The lowest BCUT2D eigenvalue weighted by molar-refractivity contribution is -0.143. The molecule has 0 spiro atoms. The van der Waals surface area contributed by atoms with Crippen LogP contribution in [0.1, 0.15) is 26.7 Å². The third-order valence-corrected chi connectivity index (χ3v) is 10.1. The van der Waals surface area contributed by atoms with Gasteiger partial charge in [0, 0.05) is 39.3 Å². The Hall–Kier alpha value is -5.43. The van der Waals surface area contributed by atoms with E-state index in [-0.39, 0.29) is 30.2 Å². The van der Waals surface area contributed by atoms with E-state index >= 15 is 0 Å². The Morgan fingerprint density at radius 2 is 1.49 bits per heavy atom. The van der Waals surface area contributed by atoms with Crippen molar-refractivity contribution in [1.82, 2.24) is 20.4 Å². The zero-order valence-electron chi connectivity index (χ0n) is 33.9. The quantitative estimate of drug-likeness (QED) is 0.170. The van der Waals surface area contributed by atoms with E-state index < -0.39 is 23.5 Å². The van der Waals surface area contributed by atoms with Crippen LogP contribution in [0.25, 0.3) is 0 Å². The van der Waals surface area contributed by atoms with Crippen LogP contribution in [-0.2, 0) is 38.1 Å². The Bertz CT molecular complexity index is 1830. The van der Waals surface area contributed by atoms with Gasteiger partial charge in [0.05, 0.1) is 76.9 Å². The van der Waals surface area contributed by atoms with Gasteiger partial charge in [-0.15, -0.1) is 0 Å². The first-order valence-electron chi connectivity index (χ1n) is 19.6. The zero-order valence-corrected chi connectivity index (χ0v) is 34.6. The molecule has 2 atom stereocenters. The highest BCUT2D eigenvalue weighted by Crippen LogP contribution is 2.44. The van der Waals surface area contributed by atoms with Gasteiger partial charge in [0.1, 0.15) is 11.5 Å². The molecule has 0 radical (unpaired) electrons. The molecule has 5 aliphatic rings. The SMILES string of the molecule is CCOC(=O)/C(Cl)=N/Nc1ccc(OC)cc1.CCOC(=O)C1=NN(c2ccc(OC)cc2)[C@@]2(N3CCOCC3)C(=O)NCC[C@@H]12.O=C1NCCC=C1N1CCOCC1. The number of benzene rings is 2. The number of hydrogen-bond donors (Lipinski definition) is 3. The Morgan fingerprint density at radius 1 is 0.881 bits per heavy atom. The van der Waals surface area contributed by atoms with Gasteiger partial charge in [0.25, 0.3) is 11.8 Å². The maximum atomic E-state index is 13.4. The topological polar surface area (TPSA) is 194 Å². The molecular formula is C40H53ClN8O10. The van der Waals surface area contributed by atoms with Gasteiger partial charge in [-0.2, -0.15) is 10.2 Å². The van der Waals surface area contributed by atoms with Crippen molar-refractivity contribution >= 4 is 57.6 Å². The van der Waals surface area contributed by atoms with Gasteiger partial charge in [-0.1, -0.05) is 17.7 Å². The molecule has 2 amide bonds. The van der Waals surface area contributed by atoms with Crippen LogP contribution in [0.4, 0.5) is 11.4 Å². The molecular weight excluding hydrogens is 788 g/mol. The van der Waals surface area contributed by atoms with Crippen molar-refractivity contribution in [1.29, 1.82) is 0 Å². The number of anilines is 2. The summed E-state index contributed by atoms with van der Waals surface area (Å²) >= 11 is 5.61. The molecule has 320 valence electrons. The molecule has 0 saturated carbocycles. The standard InChI is InChI=1S/C20H26N4O5.C11H13ClN2O3.C9H14N2O2/c1-3-29-18(25)17-16-8-9-21-19(26)20(16,23-10-12-28-13-11-23)24(22-17)14-4-6-15(27-2)7-5-14;1-3-17-11(15)10(12)14-13-8-4-6-9(16-2)7-5-8;12-9-8(2-1-3-10-9)11-4-6-13-7-5-11/h4-7,16H,3,8-13H2,1-2H3,(H,21,26);4-7,13H,3H2,1-2H3;2H,1,3-7H2,(H,10,12)/b;14-10-;/t16-,20+;;/m0../s1. The minimum absolute atomic E-state index is 0.0631. The number of hydrazone groups is 2. The molecule has 2 aromatic rings. The van der Waals surface area contributed by atoms with Gasteiger partial charge < -0.3 is 44.0 Å². The summed E-state index contributed by atoms with van der Waals surface area (Å²) in [4.78, 5) is 52.9. The summed E-state index contributed by atoms with van der Waals surface area (Å²) in [6, 6.07) is 14.3. The number of esters is 2. The molecule has 5 heterocycles. The van der Waals surface area contributed by atoms with Crippen LogP contribution in [0.5, 0.6) is 11.5 Å². The normalized spacial score (nSPS) is 21.7. The highest BCUT2D eigenvalue weighted by Gasteiger charge is 2.63. The first-order valence-corrected chi connectivity index (χ1v) is 20.0. The lowest BCUT2D eigenvalue weighted by Crippen LogP contribution is -2.73. The molecule has 0 unspecified atom stereocenters. The average Bonchev–Trinajstić information content (AvgIpc) is 3.64. The number of nitrogens with zero attached hydrogens (tertiary/aromatic N) is 5.